The van der Waals surface area contributed by atoms with Crippen molar-refractivity contribution in [1.29, 1.82) is 5.26 Å². The zero-order valence-corrected chi connectivity index (χ0v) is 13.5. The molecule has 1 aromatic heterocycles. The SMILES string of the molecule is C/C(N)=C(/C#N)C(=O)COC(=O)c1cc2c(s1)CCC(C)C2. The maximum Gasteiger partial charge on any atom is 0.348 e. The molecule has 0 aromatic carbocycles. The number of ether oxygens (including phenoxy) is 1. The van der Waals surface area contributed by atoms with Crippen molar-refractivity contribution in [3.63, 3.8) is 0 Å². The molecule has 22 heavy (non-hydrogen) atoms. The van der Waals surface area contributed by atoms with Crippen LogP contribution in [0, 0.1) is 17.2 Å². The second-order valence-electron chi connectivity index (χ2n) is 5.58. The quantitative estimate of drug-likeness (QED) is 0.522. The van der Waals surface area contributed by atoms with Crippen molar-refractivity contribution >= 4 is 23.1 Å². The highest BCUT2D eigenvalue weighted by Gasteiger charge is 2.22. The Morgan fingerprint density at radius 1 is 1.55 bits per heavy atom. The number of carbonyl (C=O) groups is 2. The number of thiophene rings is 1. The average molecular weight is 318 g/mol. The zero-order chi connectivity index (χ0) is 16.3. The van der Waals surface area contributed by atoms with Gasteiger partial charge in [-0.15, -0.1) is 11.3 Å². The van der Waals surface area contributed by atoms with Gasteiger partial charge in [-0.1, -0.05) is 6.92 Å². The Kier molecular flexibility index (Phi) is 4.99. The standard InChI is InChI=1S/C16H18N2O3S/c1-9-3-4-14-11(5-9)6-15(22-14)16(20)21-8-13(19)12(7-17)10(2)18/h6,9H,3-5,8,18H2,1-2H3/b12-10+. The highest BCUT2D eigenvalue weighted by atomic mass is 32.1. The lowest BCUT2D eigenvalue weighted by Crippen LogP contribution is -2.17. The number of nitriles is 1. The van der Waals surface area contributed by atoms with E-state index in [1.165, 1.54) is 28.7 Å². The Labute approximate surface area is 133 Å². The summed E-state index contributed by atoms with van der Waals surface area (Å²) in [7, 11) is 0. The fourth-order valence-corrected chi connectivity index (χ4v) is 3.55. The average Bonchev–Trinajstić information content (AvgIpc) is 2.88. The van der Waals surface area contributed by atoms with Crippen LogP contribution in [0.4, 0.5) is 0 Å². The third-order valence-corrected chi connectivity index (χ3v) is 4.87. The number of esters is 1. The molecule has 0 aliphatic heterocycles. The maximum atomic E-state index is 12.0. The lowest BCUT2D eigenvalue weighted by atomic mass is 9.90. The van der Waals surface area contributed by atoms with Crippen LogP contribution in [0.15, 0.2) is 17.3 Å². The van der Waals surface area contributed by atoms with E-state index in [2.05, 4.69) is 6.92 Å². The number of nitrogens with two attached hydrogens (primary N) is 1. The highest BCUT2D eigenvalue weighted by Crippen LogP contribution is 2.32. The van der Waals surface area contributed by atoms with Crippen molar-refractivity contribution in [2.24, 2.45) is 11.7 Å². The summed E-state index contributed by atoms with van der Waals surface area (Å²) >= 11 is 1.43. The van der Waals surface area contributed by atoms with Crippen LogP contribution in [0.2, 0.25) is 0 Å². The van der Waals surface area contributed by atoms with Crippen molar-refractivity contribution in [2.45, 2.75) is 33.1 Å². The fourth-order valence-electron chi connectivity index (χ4n) is 2.45. The van der Waals surface area contributed by atoms with Crippen molar-refractivity contribution in [2.75, 3.05) is 6.61 Å². The van der Waals surface area contributed by atoms with Gasteiger partial charge in [0.1, 0.15) is 16.5 Å². The van der Waals surface area contributed by atoms with E-state index in [1.54, 1.807) is 6.07 Å². The van der Waals surface area contributed by atoms with Crippen LogP contribution >= 0.6 is 11.3 Å². The van der Waals surface area contributed by atoms with Crippen LogP contribution in [0.1, 0.15) is 40.4 Å². The monoisotopic (exact) mass is 318 g/mol. The van der Waals surface area contributed by atoms with Gasteiger partial charge < -0.3 is 10.5 Å². The third-order valence-electron chi connectivity index (χ3n) is 3.65. The number of aryl methyl sites for hydroxylation is 1. The molecule has 2 N–H and O–H groups in total. The molecule has 0 fully saturated rings. The van der Waals surface area contributed by atoms with E-state index in [1.807, 2.05) is 6.07 Å². The molecule has 0 saturated heterocycles. The van der Waals surface area contributed by atoms with E-state index in [-0.39, 0.29) is 11.3 Å². The Morgan fingerprint density at radius 2 is 2.27 bits per heavy atom. The molecule has 1 aliphatic carbocycles. The largest absolute Gasteiger partial charge is 0.453 e. The van der Waals surface area contributed by atoms with Crippen LogP contribution in [0.3, 0.4) is 0 Å². The van der Waals surface area contributed by atoms with Gasteiger partial charge in [0.2, 0.25) is 5.78 Å². The normalized spacial score (nSPS) is 18.0. The van der Waals surface area contributed by atoms with E-state index < -0.39 is 18.4 Å². The van der Waals surface area contributed by atoms with E-state index in [4.69, 9.17) is 15.7 Å². The number of Topliss-reactive ketones (excluding diaryl/α,β-unsaturated/α-hetero) is 1. The molecule has 0 radical (unpaired) electrons. The number of rotatable bonds is 4. The van der Waals surface area contributed by atoms with E-state index in [0.717, 1.165) is 19.3 Å². The number of carbonyl (C=O) groups excluding carboxylic acids is 2. The van der Waals surface area contributed by atoms with Gasteiger partial charge in [-0.3, -0.25) is 4.79 Å². The molecule has 5 nitrogen and oxygen atoms in total. The summed E-state index contributed by atoms with van der Waals surface area (Å²) in [5.41, 5.74) is 6.62. The minimum Gasteiger partial charge on any atom is -0.453 e. The molecule has 0 bridgehead atoms. The predicted octanol–water partition coefficient (Wildman–Crippen LogP) is 2.36. The first-order valence-electron chi connectivity index (χ1n) is 7.10. The zero-order valence-electron chi connectivity index (χ0n) is 12.6. The minimum atomic E-state index is -0.578. The number of hydrogen-bond acceptors (Lipinski definition) is 6. The molecular formula is C16H18N2O3S. The number of ketones is 1. The van der Waals surface area contributed by atoms with Gasteiger partial charge in [-0.2, -0.15) is 5.26 Å². The Balaban J connectivity index is 2.01. The summed E-state index contributed by atoms with van der Waals surface area (Å²) in [5.74, 6) is -0.471. The number of hydrogen-bond donors (Lipinski definition) is 1. The molecule has 1 atom stereocenters. The van der Waals surface area contributed by atoms with Crippen molar-refractivity contribution in [1.82, 2.24) is 0 Å². The topological polar surface area (TPSA) is 93.2 Å². The Hall–Kier alpha value is -2.13. The molecule has 0 amide bonds. The summed E-state index contributed by atoms with van der Waals surface area (Å²) in [6, 6.07) is 3.58. The number of nitrogens with zero attached hydrogens (tertiary/aromatic N) is 1. The number of fused-ring (bicyclic) bond motifs is 1. The summed E-state index contributed by atoms with van der Waals surface area (Å²) in [6.07, 6.45) is 3.10. The fraction of sp³-hybridized carbons (Fsp3) is 0.438. The van der Waals surface area contributed by atoms with Crippen molar-refractivity contribution in [3.05, 3.63) is 32.7 Å². The molecule has 1 heterocycles. The third kappa shape index (κ3) is 3.55. The smallest absolute Gasteiger partial charge is 0.348 e. The summed E-state index contributed by atoms with van der Waals surface area (Å²) in [5, 5.41) is 8.84. The lowest BCUT2D eigenvalue weighted by molar-refractivity contribution is -0.118. The Bertz CT molecular complexity index is 678. The van der Waals surface area contributed by atoms with Gasteiger partial charge in [0, 0.05) is 10.6 Å². The van der Waals surface area contributed by atoms with Crippen LogP contribution < -0.4 is 5.73 Å². The van der Waals surface area contributed by atoms with E-state index in [0.29, 0.717) is 10.8 Å². The van der Waals surface area contributed by atoms with Crippen LogP contribution in [0.5, 0.6) is 0 Å². The molecule has 6 heteroatoms. The predicted molar refractivity (Wildman–Crippen MR) is 83.3 cm³/mol. The van der Waals surface area contributed by atoms with Gasteiger partial charge in [-0.25, -0.2) is 4.79 Å². The van der Waals surface area contributed by atoms with E-state index in [9.17, 15) is 9.59 Å². The molecule has 1 unspecified atom stereocenters. The first-order chi connectivity index (χ1) is 10.4. The first-order valence-corrected chi connectivity index (χ1v) is 7.92. The lowest BCUT2D eigenvalue weighted by Gasteiger charge is -2.16. The summed E-state index contributed by atoms with van der Waals surface area (Å²) in [6.45, 7) is 3.20. The van der Waals surface area contributed by atoms with Gasteiger partial charge in [-0.05, 0) is 43.7 Å². The molecule has 2 rings (SSSR count). The second-order valence-corrected chi connectivity index (χ2v) is 6.71. The second kappa shape index (κ2) is 6.75. The maximum absolute atomic E-state index is 12.0. The molecule has 1 aromatic rings. The Morgan fingerprint density at radius 3 is 2.91 bits per heavy atom. The van der Waals surface area contributed by atoms with Crippen LogP contribution in [-0.2, 0) is 22.4 Å². The molecule has 1 aliphatic rings. The number of allylic oxidation sites excluding steroid dienone is 1. The van der Waals surface area contributed by atoms with Gasteiger partial charge in [0.15, 0.2) is 6.61 Å². The first kappa shape index (κ1) is 16.2. The molecule has 0 spiro atoms. The molecular weight excluding hydrogens is 300 g/mol. The van der Waals surface area contributed by atoms with Crippen LogP contribution in [-0.4, -0.2) is 18.4 Å². The van der Waals surface area contributed by atoms with Crippen LogP contribution in [0.25, 0.3) is 0 Å². The van der Waals surface area contributed by atoms with Crippen molar-refractivity contribution < 1.29 is 14.3 Å². The van der Waals surface area contributed by atoms with Gasteiger partial charge >= 0.3 is 5.97 Å². The summed E-state index contributed by atoms with van der Waals surface area (Å²) < 4.78 is 5.01. The van der Waals surface area contributed by atoms with Gasteiger partial charge in [0.25, 0.3) is 0 Å². The highest BCUT2D eigenvalue weighted by molar-refractivity contribution is 7.14. The van der Waals surface area contributed by atoms with E-state index >= 15 is 0 Å². The summed E-state index contributed by atoms with van der Waals surface area (Å²) in [4.78, 5) is 25.5. The molecule has 116 valence electrons. The van der Waals surface area contributed by atoms with Crippen molar-refractivity contribution in [3.8, 4) is 6.07 Å². The minimum absolute atomic E-state index is 0.129. The van der Waals surface area contributed by atoms with Gasteiger partial charge in [0.05, 0.1) is 0 Å². The molecule has 0 saturated carbocycles.